The lowest BCUT2D eigenvalue weighted by molar-refractivity contribution is -0.116. The molecule has 0 bridgehead atoms. The zero-order valence-corrected chi connectivity index (χ0v) is 21.7. The van der Waals surface area contributed by atoms with E-state index in [1.165, 1.54) is 6.07 Å². The predicted molar refractivity (Wildman–Crippen MR) is 141 cm³/mol. The van der Waals surface area contributed by atoms with E-state index < -0.39 is 6.04 Å². The second kappa shape index (κ2) is 9.85. The summed E-state index contributed by atoms with van der Waals surface area (Å²) in [6, 6.07) is 15.6. The second-order valence-corrected chi connectivity index (χ2v) is 9.71. The molecule has 0 saturated carbocycles. The van der Waals surface area contributed by atoms with Gasteiger partial charge >= 0.3 is 0 Å². The number of rotatable bonds is 5. The molecule has 0 fully saturated rings. The van der Waals surface area contributed by atoms with E-state index in [0.717, 1.165) is 27.1 Å². The first-order valence-corrected chi connectivity index (χ1v) is 12.4. The number of methoxy groups -OCH3 is 3. The third-order valence-electron chi connectivity index (χ3n) is 6.74. The Hall–Kier alpha value is -3.52. The van der Waals surface area contributed by atoms with Crippen molar-refractivity contribution < 1.29 is 23.4 Å². The Morgan fingerprint density at radius 1 is 0.917 bits per heavy atom. The van der Waals surface area contributed by atoms with Crippen LogP contribution in [0.4, 0.5) is 15.8 Å². The highest BCUT2D eigenvalue weighted by atomic mass is 79.9. The summed E-state index contributed by atoms with van der Waals surface area (Å²) >= 11 is 3.45. The van der Waals surface area contributed by atoms with Crippen molar-refractivity contribution in [3.05, 3.63) is 87.3 Å². The van der Waals surface area contributed by atoms with Gasteiger partial charge in [-0.15, -0.1) is 0 Å². The fourth-order valence-electron chi connectivity index (χ4n) is 5.03. The lowest BCUT2D eigenvalue weighted by atomic mass is 9.78. The van der Waals surface area contributed by atoms with Crippen LogP contribution in [0.15, 0.2) is 70.3 Å². The lowest BCUT2D eigenvalue weighted by Gasteiger charge is -2.30. The molecule has 2 unspecified atom stereocenters. The number of hydrogen-bond donors (Lipinski definition) is 2. The van der Waals surface area contributed by atoms with E-state index in [0.29, 0.717) is 34.8 Å². The molecular formula is C28H26BrFN2O4. The first-order valence-electron chi connectivity index (χ1n) is 11.6. The molecule has 0 saturated heterocycles. The number of nitrogens with one attached hydrogen (secondary N) is 2. The standard InChI is InChI=1S/C28H26BrFN2O4/c1-34-24-12-16(13-25(35-2)28(24)36-3)15-10-22-26(23(33)11-15)27(18-14-17(29)8-9-19(18)30)32-21-7-5-4-6-20(21)31-22/h4-9,12-15,27,31-32H,10-11H2,1-3H3. The molecule has 2 atom stereocenters. The number of carbonyl (C=O) groups excluding carboxylic acids is 1. The Balaban J connectivity index is 1.62. The second-order valence-electron chi connectivity index (χ2n) is 8.79. The van der Waals surface area contributed by atoms with Crippen LogP contribution in [0.3, 0.4) is 0 Å². The lowest BCUT2D eigenvalue weighted by Crippen LogP contribution is -2.27. The molecule has 1 heterocycles. The number of hydrogen-bond acceptors (Lipinski definition) is 6. The van der Waals surface area contributed by atoms with Crippen LogP contribution in [0.1, 0.15) is 35.9 Å². The molecule has 6 nitrogen and oxygen atoms in total. The predicted octanol–water partition coefficient (Wildman–Crippen LogP) is 6.59. The number of ether oxygens (including phenoxy) is 3. The largest absolute Gasteiger partial charge is 0.493 e. The molecule has 3 aromatic carbocycles. The fourth-order valence-corrected chi connectivity index (χ4v) is 5.41. The SMILES string of the molecule is COc1cc(C2CC(=O)C3=C(C2)Nc2ccccc2NC3c2cc(Br)ccc2F)cc(OC)c1OC. The Labute approximate surface area is 217 Å². The molecule has 8 heteroatoms. The van der Waals surface area contributed by atoms with E-state index in [1.54, 1.807) is 33.5 Å². The van der Waals surface area contributed by atoms with Crippen LogP contribution in [0.5, 0.6) is 17.2 Å². The van der Waals surface area contributed by atoms with Crippen LogP contribution in [0, 0.1) is 5.82 Å². The van der Waals surface area contributed by atoms with E-state index in [-0.39, 0.29) is 23.9 Å². The first-order chi connectivity index (χ1) is 17.4. The minimum atomic E-state index is -0.637. The van der Waals surface area contributed by atoms with Crippen LogP contribution in [-0.4, -0.2) is 27.1 Å². The van der Waals surface area contributed by atoms with E-state index in [9.17, 15) is 4.79 Å². The number of Topliss-reactive ketones (excluding diaryl/α,β-unsaturated/α-hetero) is 1. The summed E-state index contributed by atoms with van der Waals surface area (Å²) in [5.74, 6) is 1.02. The molecule has 186 valence electrons. The highest BCUT2D eigenvalue weighted by Crippen LogP contribution is 2.47. The Morgan fingerprint density at radius 3 is 2.28 bits per heavy atom. The van der Waals surface area contributed by atoms with Gasteiger partial charge in [-0.2, -0.15) is 0 Å². The number of fused-ring (bicyclic) bond motifs is 1. The van der Waals surface area contributed by atoms with Gasteiger partial charge in [-0.3, -0.25) is 4.79 Å². The summed E-state index contributed by atoms with van der Waals surface area (Å²) in [5.41, 5.74) is 4.27. The van der Waals surface area contributed by atoms with Gasteiger partial charge in [-0.05, 0) is 60.4 Å². The summed E-state index contributed by atoms with van der Waals surface area (Å²) in [6.45, 7) is 0. The van der Waals surface area contributed by atoms with Gasteiger partial charge in [0.15, 0.2) is 17.3 Å². The van der Waals surface area contributed by atoms with Crippen LogP contribution >= 0.6 is 15.9 Å². The van der Waals surface area contributed by atoms with Crippen molar-refractivity contribution in [3.8, 4) is 17.2 Å². The average molecular weight is 553 g/mol. The number of carbonyl (C=O) groups is 1. The van der Waals surface area contributed by atoms with Crippen molar-refractivity contribution in [1.82, 2.24) is 0 Å². The quantitative estimate of drug-likeness (QED) is 0.372. The number of ketones is 1. The van der Waals surface area contributed by atoms with Gasteiger partial charge in [0.2, 0.25) is 5.75 Å². The number of para-hydroxylation sites is 2. The van der Waals surface area contributed by atoms with Crippen LogP contribution in [0.25, 0.3) is 0 Å². The van der Waals surface area contributed by atoms with Crippen LogP contribution in [0.2, 0.25) is 0 Å². The zero-order valence-electron chi connectivity index (χ0n) is 20.2. The first kappa shape index (κ1) is 24.2. The zero-order chi connectivity index (χ0) is 25.4. The van der Waals surface area contributed by atoms with Crippen molar-refractivity contribution in [2.45, 2.75) is 24.8 Å². The van der Waals surface area contributed by atoms with Gasteiger partial charge in [0, 0.05) is 27.7 Å². The molecule has 0 amide bonds. The molecule has 1 aliphatic carbocycles. The van der Waals surface area contributed by atoms with Crippen molar-refractivity contribution in [1.29, 1.82) is 0 Å². The minimum Gasteiger partial charge on any atom is -0.493 e. The van der Waals surface area contributed by atoms with Crippen molar-refractivity contribution in [2.24, 2.45) is 0 Å². The van der Waals surface area contributed by atoms with E-state index in [4.69, 9.17) is 14.2 Å². The van der Waals surface area contributed by atoms with Gasteiger partial charge in [0.05, 0.1) is 38.7 Å². The summed E-state index contributed by atoms with van der Waals surface area (Å²) in [6.07, 6.45) is 0.825. The number of anilines is 2. The normalized spacial score (nSPS) is 18.9. The fraction of sp³-hybridized carbons (Fsp3) is 0.250. The number of halogens is 2. The maximum atomic E-state index is 15.1. The molecule has 36 heavy (non-hydrogen) atoms. The van der Waals surface area contributed by atoms with Gasteiger partial charge in [-0.1, -0.05) is 28.1 Å². The van der Waals surface area contributed by atoms with E-state index in [2.05, 4.69) is 26.6 Å². The topological polar surface area (TPSA) is 68.8 Å². The molecule has 2 aliphatic rings. The summed E-state index contributed by atoms with van der Waals surface area (Å²) in [4.78, 5) is 13.8. The maximum absolute atomic E-state index is 15.1. The highest BCUT2D eigenvalue weighted by Gasteiger charge is 2.37. The van der Waals surface area contributed by atoms with E-state index in [1.807, 2.05) is 36.4 Å². The van der Waals surface area contributed by atoms with Gasteiger partial charge in [0.1, 0.15) is 5.82 Å². The van der Waals surface area contributed by atoms with Gasteiger partial charge < -0.3 is 24.8 Å². The third-order valence-corrected chi connectivity index (χ3v) is 7.23. The molecule has 3 aromatic rings. The van der Waals surface area contributed by atoms with Crippen molar-refractivity contribution in [2.75, 3.05) is 32.0 Å². The van der Waals surface area contributed by atoms with Gasteiger partial charge in [-0.25, -0.2) is 4.39 Å². The number of allylic oxidation sites excluding steroid dienone is 1. The number of benzene rings is 3. The van der Waals surface area contributed by atoms with Crippen LogP contribution < -0.4 is 24.8 Å². The molecule has 0 radical (unpaired) electrons. The summed E-state index contributed by atoms with van der Waals surface area (Å²) in [7, 11) is 4.70. The Kier molecular flexibility index (Phi) is 6.62. The Bertz CT molecular complexity index is 1350. The molecule has 0 aromatic heterocycles. The summed E-state index contributed by atoms with van der Waals surface area (Å²) < 4.78 is 32.3. The van der Waals surface area contributed by atoms with Crippen molar-refractivity contribution >= 4 is 33.1 Å². The molecule has 2 N–H and O–H groups in total. The average Bonchev–Trinajstić information content (AvgIpc) is 3.06. The van der Waals surface area contributed by atoms with Gasteiger partial charge in [0.25, 0.3) is 0 Å². The van der Waals surface area contributed by atoms with Crippen LogP contribution in [-0.2, 0) is 4.79 Å². The summed E-state index contributed by atoms with van der Waals surface area (Å²) in [5, 5.41) is 6.90. The molecular weight excluding hydrogens is 527 g/mol. The van der Waals surface area contributed by atoms with E-state index >= 15 is 4.39 Å². The molecule has 1 aliphatic heterocycles. The monoisotopic (exact) mass is 552 g/mol. The van der Waals surface area contributed by atoms with Crippen molar-refractivity contribution in [3.63, 3.8) is 0 Å². The molecule has 5 rings (SSSR count). The Morgan fingerprint density at radius 2 is 1.61 bits per heavy atom. The molecule has 0 spiro atoms. The highest BCUT2D eigenvalue weighted by molar-refractivity contribution is 9.10. The third kappa shape index (κ3) is 4.30. The minimum absolute atomic E-state index is 0.0489. The smallest absolute Gasteiger partial charge is 0.203 e. The maximum Gasteiger partial charge on any atom is 0.203 e.